The quantitative estimate of drug-likeness (QED) is 0.841. The van der Waals surface area contributed by atoms with Crippen LogP contribution < -0.4 is 10.6 Å². The number of hydrogen-bond acceptors (Lipinski definition) is 4. The van der Waals surface area contributed by atoms with Crippen LogP contribution in [0, 0.1) is 0 Å². The van der Waals surface area contributed by atoms with Crippen molar-refractivity contribution in [2.75, 3.05) is 32.5 Å². The van der Waals surface area contributed by atoms with E-state index in [2.05, 4.69) is 15.6 Å². The van der Waals surface area contributed by atoms with Crippen molar-refractivity contribution < 1.29 is 9.59 Å². The molecule has 0 bridgehead atoms. The Morgan fingerprint density at radius 1 is 1.04 bits per heavy atom. The highest BCUT2D eigenvalue weighted by Gasteiger charge is 2.12. The summed E-state index contributed by atoms with van der Waals surface area (Å²) in [5.74, 6) is -0.696. The van der Waals surface area contributed by atoms with E-state index in [0.29, 0.717) is 17.3 Å². The molecule has 2 N–H and O–H groups in total. The first-order chi connectivity index (χ1) is 11.5. The van der Waals surface area contributed by atoms with Crippen LogP contribution in [0.4, 0.5) is 5.69 Å². The Morgan fingerprint density at radius 2 is 1.67 bits per heavy atom. The van der Waals surface area contributed by atoms with Gasteiger partial charge in [-0.1, -0.05) is 17.7 Å². The molecule has 0 aliphatic carbocycles. The summed E-state index contributed by atoms with van der Waals surface area (Å²) in [5, 5.41) is 6.06. The fourth-order valence-electron chi connectivity index (χ4n) is 1.90. The molecule has 0 spiro atoms. The third-order valence-corrected chi connectivity index (χ3v) is 3.41. The highest BCUT2D eigenvalue weighted by atomic mass is 35.5. The molecule has 0 unspecified atom stereocenters. The van der Waals surface area contributed by atoms with E-state index in [9.17, 15) is 9.59 Å². The monoisotopic (exact) mass is 346 g/mol. The average Bonchev–Trinajstić information content (AvgIpc) is 2.56. The Bertz CT molecular complexity index is 717. The summed E-state index contributed by atoms with van der Waals surface area (Å²) < 4.78 is 0. The molecular formula is C17H19ClN4O2. The Hall–Kier alpha value is -2.44. The van der Waals surface area contributed by atoms with E-state index in [1.165, 1.54) is 0 Å². The van der Waals surface area contributed by atoms with E-state index in [-0.39, 0.29) is 23.2 Å². The average molecular weight is 347 g/mol. The molecule has 0 saturated carbocycles. The number of anilines is 1. The molecule has 0 aliphatic rings. The van der Waals surface area contributed by atoms with Gasteiger partial charge in [0.2, 0.25) is 0 Å². The van der Waals surface area contributed by atoms with Crippen molar-refractivity contribution >= 4 is 29.1 Å². The fraction of sp³-hybridized carbons (Fsp3) is 0.235. The number of rotatable bonds is 6. The number of nitrogens with zero attached hydrogens (tertiary/aromatic N) is 2. The molecule has 1 heterocycles. The van der Waals surface area contributed by atoms with Gasteiger partial charge in [-0.15, -0.1) is 0 Å². The molecule has 0 aliphatic heterocycles. The molecule has 2 rings (SSSR count). The normalized spacial score (nSPS) is 10.5. The first-order valence-electron chi connectivity index (χ1n) is 7.42. The van der Waals surface area contributed by atoms with Gasteiger partial charge >= 0.3 is 0 Å². The summed E-state index contributed by atoms with van der Waals surface area (Å²) in [6.45, 7) is 1.23. The first kappa shape index (κ1) is 17.9. The van der Waals surface area contributed by atoms with Crippen molar-refractivity contribution in [1.29, 1.82) is 0 Å². The molecule has 24 heavy (non-hydrogen) atoms. The number of pyridine rings is 1. The van der Waals surface area contributed by atoms with Gasteiger partial charge in [0.05, 0.1) is 0 Å². The van der Waals surface area contributed by atoms with Crippen LogP contribution in [0.2, 0.25) is 5.02 Å². The van der Waals surface area contributed by atoms with Gasteiger partial charge < -0.3 is 15.5 Å². The van der Waals surface area contributed by atoms with E-state index in [1.807, 2.05) is 19.0 Å². The molecule has 0 saturated heterocycles. The summed E-state index contributed by atoms with van der Waals surface area (Å²) >= 11 is 5.81. The third-order valence-electron chi connectivity index (χ3n) is 3.16. The highest BCUT2D eigenvalue weighted by Crippen LogP contribution is 2.14. The van der Waals surface area contributed by atoms with Gasteiger partial charge in [0.25, 0.3) is 11.8 Å². The van der Waals surface area contributed by atoms with Gasteiger partial charge in [0.1, 0.15) is 11.4 Å². The number of aromatic nitrogens is 1. The minimum absolute atomic E-state index is 0.171. The fourth-order valence-corrected chi connectivity index (χ4v) is 2.03. The number of benzene rings is 1. The van der Waals surface area contributed by atoms with Crippen LogP contribution >= 0.6 is 11.6 Å². The molecule has 7 heteroatoms. The number of likely N-dealkylation sites (N-methyl/N-ethyl adjacent to an activating group) is 1. The molecule has 2 aromatic rings. The Kier molecular flexibility index (Phi) is 6.28. The topological polar surface area (TPSA) is 74.3 Å². The van der Waals surface area contributed by atoms with Crippen LogP contribution in [-0.2, 0) is 0 Å². The Balaban J connectivity index is 2.02. The minimum atomic E-state index is -0.389. The maximum Gasteiger partial charge on any atom is 0.274 e. The van der Waals surface area contributed by atoms with Crippen LogP contribution in [0.25, 0.3) is 0 Å². The zero-order valence-corrected chi connectivity index (χ0v) is 14.3. The van der Waals surface area contributed by atoms with Crippen LogP contribution in [-0.4, -0.2) is 48.9 Å². The lowest BCUT2D eigenvalue weighted by Gasteiger charge is -2.10. The SMILES string of the molecule is CN(C)CCNC(=O)c1cccc(C(=O)Nc2ccc(Cl)cc2)n1. The molecule has 0 fully saturated rings. The molecule has 1 aromatic heterocycles. The second-order valence-electron chi connectivity index (χ2n) is 5.43. The maximum atomic E-state index is 12.2. The van der Waals surface area contributed by atoms with Crippen molar-refractivity contribution in [2.24, 2.45) is 0 Å². The van der Waals surface area contributed by atoms with Crippen LogP contribution in [0.3, 0.4) is 0 Å². The standard InChI is InChI=1S/C17H19ClN4O2/c1-22(2)11-10-19-16(23)14-4-3-5-15(21-14)17(24)20-13-8-6-12(18)7-9-13/h3-9H,10-11H2,1-2H3,(H,19,23)(H,20,24). The molecule has 126 valence electrons. The molecule has 6 nitrogen and oxygen atoms in total. The smallest absolute Gasteiger partial charge is 0.274 e. The summed E-state index contributed by atoms with van der Waals surface area (Å²) in [6, 6.07) is 11.5. The predicted octanol–water partition coefficient (Wildman–Crippen LogP) is 2.28. The van der Waals surface area contributed by atoms with Crippen LogP contribution in [0.1, 0.15) is 21.0 Å². The van der Waals surface area contributed by atoms with Crippen molar-refractivity contribution in [3.8, 4) is 0 Å². The molecule has 0 radical (unpaired) electrons. The summed E-state index contributed by atoms with van der Waals surface area (Å²) in [4.78, 5) is 30.4. The Labute approximate surface area is 145 Å². The number of amides is 2. The lowest BCUT2D eigenvalue weighted by atomic mass is 10.2. The van der Waals surface area contributed by atoms with Gasteiger partial charge in [0, 0.05) is 23.8 Å². The van der Waals surface area contributed by atoms with E-state index in [1.54, 1.807) is 42.5 Å². The van der Waals surface area contributed by atoms with Crippen LogP contribution in [0.5, 0.6) is 0 Å². The second-order valence-corrected chi connectivity index (χ2v) is 5.86. The van der Waals surface area contributed by atoms with E-state index >= 15 is 0 Å². The predicted molar refractivity (Wildman–Crippen MR) is 94.5 cm³/mol. The molecule has 2 amide bonds. The summed E-state index contributed by atoms with van der Waals surface area (Å²) in [5.41, 5.74) is 0.981. The van der Waals surface area contributed by atoms with Gasteiger partial charge in [-0.05, 0) is 50.5 Å². The van der Waals surface area contributed by atoms with Crippen molar-refractivity contribution in [1.82, 2.24) is 15.2 Å². The van der Waals surface area contributed by atoms with E-state index < -0.39 is 0 Å². The van der Waals surface area contributed by atoms with Gasteiger partial charge in [-0.25, -0.2) is 4.98 Å². The largest absolute Gasteiger partial charge is 0.349 e. The Morgan fingerprint density at radius 3 is 2.29 bits per heavy atom. The zero-order valence-electron chi connectivity index (χ0n) is 13.5. The van der Waals surface area contributed by atoms with Gasteiger partial charge in [-0.3, -0.25) is 9.59 Å². The number of hydrogen-bond donors (Lipinski definition) is 2. The summed E-state index contributed by atoms with van der Waals surface area (Å²) in [6.07, 6.45) is 0. The number of carbonyl (C=O) groups excluding carboxylic acids is 2. The van der Waals surface area contributed by atoms with Gasteiger partial charge in [0.15, 0.2) is 0 Å². The maximum absolute atomic E-state index is 12.2. The lowest BCUT2D eigenvalue weighted by Crippen LogP contribution is -2.32. The van der Waals surface area contributed by atoms with E-state index in [0.717, 1.165) is 6.54 Å². The molecule has 0 atom stereocenters. The third kappa shape index (κ3) is 5.33. The highest BCUT2D eigenvalue weighted by molar-refractivity contribution is 6.30. The number of halogens is 1. The zero-order chi connectivity index (χ0) is 17.5. The molecule has 1 aromatic carbocycles. The van der Waals surface area contributed by atoms with Gasteiger partial charge in [-0.2, -0.15) is 0 Å². The van der Waals surface area contributed by atoms with Crippen molar-refractivity contribution in [3.63, 3.8) is 0 Å². The minimum Gasteiger partial charge on any atom is -0.349 e. The lowest BCUT2D eigenvalue weighted by molar-refractivity contribution is 0.0946. The van der Waals surface area contributed by atoms with Crippen molar-refractivity contribution in [3.05, 3.63) is 58.9 Å². The van der Waals surface area contributed by atoms with Crippen LogP contribution in [0.15, 0.2) is 42.5 Å². The van der Waals surface area contributed by atoms with E-state index in [4.69, 9.17) is 11.6 Å². The number of carbonyl (C=O) groups is 2. The first-order valence-corrected chi connectivity index (χ1v) is 7.80. The number of nitrogens with one attached hydrogen (secondary N) is 2. The summed E-state index contributed by atoms with van der Waals surface area (Å²) in [7, 11) is 3.85. The van der Waals surface area contributed by atoms with Crippen molar-refractivity contribution in [2.45, 2.75) is 0 Å². The molecular weight excluding hydrogens is 328 g/mol. The second kappa shape index (κ2) is 8.42.